The van der Waals surface area contributed by atoms with Crippen molar-refractivity contribution in [3.63, 3.8) is 0 Å². The van der Waals surface area contributed by atoms with Gasteiger partial charge in [0.25, 0.3) is 0 Å². The highest BCUT2D eigenvalue weighted by Crippen LogP contribution is 2.20. The number of furan rings is 1. The van der Waals surface area contributed by atoms with Gasteiger partial charge in [0, 0.05) is 12.4 Å². The lowest BCUT2D eigenvalue weighted by atomic mass is 9.96. The van der Waals surface area contributed by atoms with Crippen LogP contribution in [0.3, 0.4) is 0 Å². The molecule has 1 atom stereocenters. The van der Waals surface area contributed by atoms with Gasteiger partial charge in [-0.3, -0.25) is 9.78 Å². The number of nitriles is 1. The molecule has 0 aliphatic carbocycles. The molecule has 0 fully saturated rings. The minimum atomic E-state index is -0.866. The molecule has 1 unspecified atom stereocenters. The van der Waals surface area contributed by atoms with Gasteiger partial charge in [0.2, 0.25) is 5.78 Å². The summed E-state index contributed by atoms with van der Waals surface area (Å²) >= 11 is 0. The van der Waals surface area contributed by atoms with E-state index in [0.29, 0.717) is 11.3 Å². The number of aromatic nitrogens is 1. The van der Waals surface area contributed by atoms with Gasteiger partial charge < -0.3 is 4.42 Å². The number of hydrogen-bond donors (Lipinski definition) is 0. The summed E-state index contributed by atoms with van der Waals surface area (Å²) < 4.78 is 5.23. The van der Waals surface area contributed by atoms with Crippen molar-refractivity contribution in [2.45, 2.75) is 12.8 Å². The standard InChI is InChI=1S/C13H10N2O2/c1-9-4-5-12(17-9)13(16)11(7-14)10-3-2-6-15-8-10/h2-6,8,11H,1H3. The number of carbonyl (C=O) groups is 1. The van der Waals surface area contributed by atoms with Gasteiger partial charge in [0.05, 0.1) is 6.07 Å². The van der Waals surface area contributed by atoms with Gasteiger partial charge in [-0.05, 0) is 30.7 Å². The van der Waals surface area contributed by atoms with Crippen molar-refractivity contribution in [1.82, 2.24) is 4.98 Å². The van der Waals surface area contributed by atoms with E-state index in [2.05, 4.69) is 4.98 Å². The quantitative estimate of drug-likeness (QED) is 0.754. The van der Waals surface area contributed by atoms with Gasteiger partial charge in [-0.2, -0.15) is 5.26 Å². The summed E-state index contributed by atoms with van der Waals surface area (Å²) in [5.74, 6) is -0.350. The summed E-state index contributed by atoms with van der Waals surface area (Å²) in [5, 5.41) is 9.08. The van der Waals surface area contributed by atoms with Crippen molar-refractivity contribution in [1.29, 1.82) is 5.26 Å². The molecule has 0 amide bonds. The Kier molecular flexibility index (Phi) is 3.01. The van der Waals surface area contributed by atoms with Crippen LogP contribution >= 0.6 is 0 Å². The normalized spacial score (nSPS) is 11.8. The Hall–Kier alpha value is -2.41. The van der Waals surface area contributed by atoms with Gasteiger partial charge in [0.1, 0.15) is 11.7 Å². The van der Waals surface area contributed by atoms with Gasteiger partial charge in [-0.15, -0.1) is 0 Å². The van der Waals surface area contributed by atoms with E-state index >= 15 is 0 Å². The first-order valence-electron chi connectivity index (χ1n) is 5.12. The maximum absolute atomic E-state index is 12.0. The Morgan fingerprint density at radius 2 is 2.29 bits per heavy atom. The van der Waals surface area contributed by atoms with Gasteiger partial charge in [0.15, 0.2) is 5.76 Å². The maximum Gasteiger partial charge on any atom is 0.219 e. The Balaban J connectivity index is 2.32. The molecule has 0 saturated carbocycles. The molecule has 84 valence electrons. The van der Waals surface area contributed by atoms with Crippen molar-refractivity contribution in [2.24, 2.45) is 0 Å². The molecule has 0 aliphatic rings. The van der Waals surface area contributed by atoms with E-state index < -0.39 is 5.92 Å². The van der Waals surface area contributed by atoms with Crippen LogP contribution in [0, 0.1) is 18.3 Å². The monoisotopic (exact) mass is 226 g/mol. The zero-order valence-corrected chi connectivity index (χ0v) is 9.25. The molecule has 2 aromatic heterocycles. The Labute approximate surface area is 98.5 Å². The van der Waals surface area contributed by atoms with Crippen molar-refractivity contribution < 1.29 is 9.21 Å². The highest BCUT2D eigenvalue weighted by atomic mass is 16.3. The molecule has 0 N–H and O–H groups in total. The average molecular weight is 226 g/mol. The van der Waals surface area contributed by atoms with Crippen molar-refractivity contribution >= 4 is 5.78 Å². The van der Waals surface area contributed by atoms with Gasteiger partial charge >= 0.3 is 0 Å². The second kappa shape index (κ2) is 4.62. The fourth-order valence-corrected chi connectivity index (χ4v) is 1.54. The number of hydrogen-bond acceptors (Lipinski definition) is 4. The molecule has 0 aliphatic heterocycles. The van der Waals surface area contributed by atoms with Gasteiger partial charge in [-0.25, -0.2) is 0 Å². The summed E-state index contributed by atoms with van der Waals surface area (Å²) in [6.07, 6.45) is 3.11. The lowest BCUT2D eigenvalue weighted by Gasteiger charge is -2.05. The van der Waals surface area contributed by atoms with E-state index in [1.807, 2.05) is 6.07 Å². The third kappa shape index (κ3) is 2.23. The number of carbonyl (C=O) groups excluding carboxylic acids is 1. The highest BCUT2D eigenvalue weighted by Gasteiger charge is 2.24. The van der Waals surface area contributed by atoms with Crippen LogP contribution in [-0.4, -0.2) is 10.8 Å². The van der Waals surface area contributed by atoms with E-state index in [9.17, 15) is 4.79 Å². The fraction of sp³-hybridized carbons (Fsp3) is 0.154. The lowest BCUT2D eigenvalue weighted by molar-refractivity contribution is 0.0950. The molecule has 0 bridgehead atoms. The number of rotatable bonds is 3. The van der Waals surface area contributed by atoms with E-state index in [1.54, 1.807) is 37.4 Å². The molecular weight excluding hydrogens is 216 g/mol. The van der Waals surface area contributed by atoms with Crippen LogP contribution in [-0.2, 0) is 0 Å². The smallest absolute Gasteiger partial charge is 0.219 e. The Bertz CT molecular complexity index is 567. The Morgan fingerprint density at radius 3 is 2.82 bits per heavy atom. The zero-order valence-electron chi connectivity index (χ0n) is 9.25. The van der Waals surface area contributed by atoms with Crippen LogP contribution in [0.4, 0.5) is 0 Å². The van der Waals surface area contributed by atoms with Crippen LogP contribution < -0.4 is 0 Å². The largest absolute Gasteiger partial charge is 0.458 e. The third-order valence-electron chi connectivity index (χ3n) is 2.39. The number of Topliss-reactive ketones (excluding diaryl/α,β-unsaturated/α-hetero) is 1. The maximum atomic E-state index is 12.0. The third-order valence-corrected chi connectivity index (χ3v) is 2.39. The highest BCUT2D eigenvalue weighted by molar-refractivity contribution is 6.00. The molecule has 4 nitrogen and oxygen atoms in total. The fourth-order valence-electron chi connectivity index (χ4n) is 1.54. The number of nitrogens with zero attached hydrogens (tertiary/aromatic N) is 2. The van der Waals surface area contributed by atoms with E-state index in [1.165, 1.54) is 6.20 Å². The Morgan fingerprint density at radius 1 is 1.47 bits per heavy atom. The topological polar surface area (TPSA) is 66.9 Å². The predicted molar refractivity (Wildman–Crippen MR) is 60.4 cm³/mol. The molecular formula is C13H10N2O2. The van der Waals surface area contributed by atoms with Crippen LogP contribution in [0.1, 0.15) is 27.8 Å². The van der Waals surface area contributed by atoms with Crippen LogP contribution in [0.25, 0.3) is 0 Å². The van der Waals surface area contributed by atoms with Crippen molar-refractivity contribution in [3.8, 4) is 6.07 Å². The molecule has 2 heterocycles. The summed E-state index contributed by atoms with van der Waals surface area (Å²) in [5.41, 5.74) is 0.578. The van der Waals surface area contributed by atoms with Crippen molar-refractivity contribution in [3.05, 3.63) is 53.7 Å². The number of pyridine rings is 1. The number of aryl methyl sites for hydroxylation is 1. The van der Waals surface area contributed by atoms with E-state index in [0.717, 1.165) is 0 Å². The minimum Gasteiger partial charge on any atom is -0.458 e. The summed E-state index contributed by atoms with van der Waals surface area (Å²) in [4.78, 5) is 15.9. The van der Waals surface area contributed by atoms with E-state index in [4.69, 9.17) is 9.68 Å². The van der Waals surface area contributed by atoms with Gasteiger partial charge in [-0.1, -0.05) is 6.07 Å². The van der Waals surface area contributed by atoms with Crippen LogP contribution in [0.2, 0.25) is 0 Å². The first kappa shape index (κ1) is 11.1. The average Bonchev–Trinajstić information content (AvgIpc) is 2.78. The molecule has 0 radical (unpaired) electrons. The first-order chi connectivity index (χ1) is 8.22. The summed E-state index contributed by atoms with van der Waals surface area (Å²) in [6.45, 7) is 1.75. The molecule has 0 spiro atoms. The summed E-state index contributed by atoms with van der Waals surface area (Å²) in [7, 11) is 0. The first-order valence-corrected chi connectivity index (χ1v) is 5.12. The zero-order chi connectivity index (χ0) is 12.3. The molecule has 0 aromatic carbocycles. The molecule has 4 heteroatoms. The summed E-state index contributed by atoms with van der Waals surface area (Å²) in [6, 6.07) is 8.66. The number of ketones is 1. The SMILES string of the molecule is Cc1ccc(C(=O)C(C#N)c2cccnc2)o1. The molecule has 17 heavy (non-hydrogen) atoms. The minimum absolute atomic E-state index is 0.206. The van der Waals surface area contributed by atoms with Crippen LogP contribution in [0.5, 0.6) is 0 Å². The van der Waals surface area contributed by atoms with Crippen molar-refractivity contribution in [2.75, 3.05) is 0 Å². The van der Waals surface area contributed by atoms with Crippen LogP contribution in [0.15, 0.2) is 41.1 Å². The predicted octanol–water partition coefficient (Wildman–Crippen LogP) is 2.47. The second-order valence-corrected chi connectivity index (χ2v) is 3.62. The van der Waals surface area contributed by atoms with E-state index in [-0.39, 0.29) is 11.5 Å². The lowest BCUT2D eigenvalue weighted by Crippen LogP contribution is -2.10. The second-order valence-electron chi connectivity index (χ2n) is 3.62. The molecule has 0 saturated heterocycles. The molecule has 2 rings (SSSR count). The molecule has 2 aromatic rings.